The molecule has 0 spiro atoms. The lowest BCUT2D eigenvalue weighted by molar-refractivity contribution is -0.384. The molecule has 0 atom stereocenters. The van der Waals surface area contributed by atoms with Crippen LogP contribution in [0.4, 0.5) is 17.1 Å². The molecule has 0 unspecified atom stereocenters. The van der Waals surface area contributed by atoms with Crippen molar-refractivity contribution < 1.29 is 9.72 Å². The number of anilines is 2. The zero-order valence-electron chi connectivity index (χ0n) is 15.8. The molecule has 142 valence electrons. The van der Waals surface area contributed by atoms with E-state index in [9.17, 15) is 14.9 Å². The lowest BCUT2D eigenvalue weighted by Crippen LogP contribution is -2.43. The lowest BCUT2D eigenvalue weighted by atomic mass is 9.94. The molecular formula is C21H25N3O3. The summed E-state index contributed by atoms with van der Waals surface area (Å²) in [7, 11) is 0. The number of carbonyl (C=O) groups is 1. The fraction of sp³-hybridized carbons (Fsp3) is 0.381. The number of piperidine rings is 1. The Kier molecular flexibility index (Phi) is 5.74. The van der Waals surface area contributed by atoms with Crippen molar-refractivity contribution in [1.82, 2.24) is 0 Å². The summed E-state index contributed by atoms with van der Waals surface area (Å²) in [6.07, 6.45) is 1.40. The number of hydrogen-bond donors (Lipinski definition) is 0. The van der Waals surface area contributed by atoms with Crippen LogP contribution >= 0.6 is 0 Å². The van der Waals surface area contributed by atoms with Gasteiger partial charge in [0.25, 0.3) is 5.69 Å². The zero-order valence-corrected chi connectivity index (χ0v) is 15.8. The first-order valence-corrected chi connectivity index (χ1v) is 9.38. The summed E-state index contributed by atoms with van der Waals surface area (Å²) < 4.78 is 0. The number of nitrogens with zero attached hydrogens (tertiary/aromatic N) is 3. The molecule has 27 heavy (non-hydrogen) atoms. The standard InChI is InChI=1S/C21H25N3O3/c1-3-23(18-9-5-4-8-16(18)2)21(25)17-12-14-22(15-13-17)19-10-6-7-11-20(19)24(26)27/h4-11,17H,3,12-15H2,1-2H3. The molecule has 1 fully saturated rings. The summed E-state index contributed by atoms with van der Waals surface area (Å²) in [5, 5.41) is 11.3. The molecule has 2 aromatic rings. The van der Waals surface area contributed by atoms with Crippen LogP contribution in [0.1, 0.15) is 25.3 Å². The van der Waals surface area contributed by atoms with Crippen LogP contribution in [-0.2, 0) is 4.79 Å². The molecule has 0 N–H and O–H groups in total. The number of para-hydroxylation sites is 3. The Morgan fingerprint density at radius 1 is 1.15 bits per heavy atom. The molecule has 2 aromatic carbocycles. The fourth-order valence-electron chi connectivity index (χ4n) is 3.78. The summed E-state index contributed by atoms with van der Waals surface area (Å²) in [6, 6.07) is 14.7. The lowest BCUT2D eigenvalue weighted by Gasteiger charge is -2.35. The Hall–Kier alpha value is -2.89. The molecule has 3 rings (SSSR count). The topological polar surface area (TPSA) is 66.7 Å². The van der Waals surface area contributed by atoms with Crippen LogP contribution in [0.5, 0.6) is 0 Å². The Morgan fingerprint density at radius 2 is 1.78 bits per heavy atom. The Balaban J connectivity index is 1.71. The number of nitro benzene ring substituents is 1. The third kappa shape index (κ3) is 3.94. The molecular weight excluding hydrogens is 342 g/mol. The normalized spacial score (nSPS) is 14.8. The van der Waals surface area contributed by atoms with Gasteiger partial charge in [0.05, 0.1) is 4.92 Å². The minimum absolute atomic E-state index is 0.0522. The van der Waals surface area contributed by atoms with E-state index in [1.165, 1.54) is 6.07 Å². The van der Waals surface area contributed by atoms with Gasteiger partial charge < -0.3 is 9.80 Å². The number of hydrogen-bond acceptors (Lipinski definition) is 4. The van der Waals surface area contributed by atoms with Gasteiger partial charge in [-0.15, -0.1) is 0 Å². The van der Waals surface area contributed by atoms with Crippen LogP contribution in [0.3, 0.4) is 0 Å². The van der Waals surface area contributed by atoms with Crippen molar-refractivity contribution in [1.29, 1.82) is 0 Å². The minimum Gasteiger partial charge on any atom is -0.366 e. The first kappa shape index (κ1) is 18.9. The highest BCUT2D eigenvalue weighted by Crippen LogP contribution is 2.32. The van der Waals surface area contributed by atoms with Crippen molar-refractivity contribution in [2.75, 3.05) is 29.4 Å². The second-order valence-electron chi connectivity index (χ2n) is 6.88. The van der Waals surface area contributed by atoms with E-state index in [1.807, 2.05) is 54.0 Å². The summed E-state index contributed by atoms with van der Waals surface area (Å²) in [5.41, 5.74) is 2.81. The average Bonchev–Trinajstić information content (AvgIpc) is 2.70. The second-order valence-corrected chi connectivity index (χ2v) is 6.88. The Labute approximate surface area is 159 Å². The number of benzene rings is 2. The highest BCUT2D eigenvalue weighted by Gasteiger charge is 2.31. The van der Waals surface area contributed by atoms with E-state index in [1.54, 1.807) is 12.1 Å². The molecule has 0 aliphatic carbocycles. The quantitative estimate of drug-likeness (QED) is 0.587. The van der Waals surface area contributed by atoms with Crippen LogP contribution in [0.25, 0.3) is 0 Å². The first-order valence-electron chi connectivity index (χ1n) is 9.38. The minimum atomic E-state index is -0.344. The Bertz CT molecular complexity index is 829. The van der Waals surface area contributed by atoms with Crippen molar-refractivity contribution in [2.24, 2.45) is 5.92 Å². The van der Waals surface area contributed by atoms with Gasteiger partial charge in [-0.05, 0) is 44.4 Å². The van der Waals surface area contributed by atoms with Crippen LogP contribution in [-0.4, -0.2) is 30.5 Å². The molecule has 0 bridgehead atoms. The number of amides is 1. The van der Waals surface area contributed by atoms with Crippen molar-refractivity contribution in [3.05, 3.63) is 64.2 Å². The van der Waals surface area contributed by atoms with Gasteiger partial charge in [0.15, 0.2) is 0 Å². The monoisotopic (exact) mass is 367 g/mol. The third-order valence-corrected chi connectivity index (χ3v) is 5.25. The van der Waals surface area contributed by atoms with E-state index in [0.717, 1.165) is 11.3 Å². The molecule has 1 amide bonds. The second kappa shape index (κ2) is 8.20. The van der Waals surface area contributed by atoms with E-state index in [0.29, 0.717) is 38.2 Å². The SMILES string of the molecule is CCN(C(=O)C1CCN(c2ccccc2[N+](=O)[O-])CC1)c1ccccc1C. The van der Waals surface area contributed by atoms with Crippen molar-refractivity contribution >= 4 is 23.0 Å². The molecule has 6 nitrogen and oxygen atoms in total. The van der Waals surface area contributed by atoms with Crippen LogP contribution in [0, 0.1) is 23.0 Å². The number of nitro groups is 1. The number of aryl methyl sites for hydroxylation is 1. The first-order chi connectivity index (χ1) is 13.0. The average molecular weight is 367 g/mol. The van der Waals surface area contributed by atoms with Crippen LogP contribution < -0.4 is 9.80 Å². The predicted octanol–water partition coefficient (Wildman–Crippen LogP) is 4.17. The number of carbonyl (C=O) groups excluding carboxylic acids is 1. The van der Waals surface area contributed by atoms with Gasteiger partial charge in [-0.3, -0.25) is 14.9 Å². The molecule has 1 heterocycles. The predicted molar refractivity (Wildman–Crippen MR) is 107 cm³/mol. The zero-order chi connectivity index (χ0) is 19.4. The molecule has 0 aromatic heterocycles. The summed E-state index contributed by atoms with van der Waals surface area (Å²) in [5.74, 6) is 0.0950. The van der Waals surface area contributed by atoms with E-state index in [2.05, 4.69) is 0 Å². The summed E-state index contributed by atoms with van der Waals surface area (Å²) in [6.45, 7) is 5.93. The highest BCUT2D eigenvalue weighted by molar-refractivity contribution is 5.95. The van der Waals surface area contributed by atoms with E-state index < -0.39 is 0 Å². The number of rotatable bonds is 5. The van der Waals surface area contributed by atoms with E-state index in [-0.39, 0.29) is 22.4 Å². The largest absolute Gasteiger partial charge is 0.366 e. The molecule has 1 aliphatic heterocycles. The molecule has 0 radical (unpaired) electrons. The molecule has 6 heteroatoms. The van der Waals surface area contributed by atoms with Gasteiger partial charge >= 0.3 is 0 Å². The van der Waals surface area contributed by atoms with Gasteiger partial charge in [0, 0.05) is 37.3 Å². The van der Waals surface area contributed by atoms with Gasteiger partial charge in [0.1, 0.15) is 5.69 Å². The molecule has 1 aliphatic rings. The van der Waals surface area contributed by atoms with Crippen molar-refractivity contribution in [3.8, 4) is 0 Å². The van der Waals surface area contributed by atoms with Crippen LogP contribution in [0.2, 0.25) is 0 Å². The van der Waals surface area contributed by atoms with Gasteiger partial charge in [-0.2, -0.15) is 0 Å². The van der Waals surface area contributed by atoms with Crippen LogP contribution in [0.15, 0.2) is 48.5 Å². The maximum atomic E-state index is 13.1. The van der Waals surface area contributed by atoms with Gasteiger partial charge in [0.2, 0.25) is 5.91 Å². The van der Waals surface area contributed by atoms with E-state index >= 15 is 0 Å². The van der Waals surface area contributed by atoms with Gasteiger partial charge in [-0.1, -0.05) is 30.3 Å². The van der Waals surface area contributed by atoms with Crippen molar-refractivity contribution in [2.45, 2.75) is 26.7 Å². The maximum absolute atomic E-state index is 13.1. The smallest absolute Gasteiger partial charge is 0.292 e. The summed E-state index contributed by atoms with van der Waals surface area (Å²) >= 11 is 0. The molecule has 1 saturated heterocycles. The maximum Gasteiger partial charge on any atom is 0.292 e. The van der Waals surface area contributed by atoms with Gasteiger partial charge in [-0.25, -0.2) is 0 Å². The van der Waals surface area contributed by atoms with Crippen molar-refractivity contribution in [3.63, 3.8) is 0 Å². The fourth-order valence-corrected chi connectivity index (χ4v) is 3.78. The highest BCUT2D eigenvalue weighted by atomic mass is 16.6. The molecule has 0 saturated carbocycles. The van der Waals surface area contributed by atoms with E-state index in [4.69, 9.17) is 0 Å². The Morgan fingerprint density at radius 3 is 2.41 bits per heavy atom. The summed E-state index contributed by atoms with van der Waals surface area (Å²) in [4.78, 5) is 27.9. The third-order valence-electron chi connectivity index (χ3n) is 5.25.